The predicted octanol–water partition coefficient (Wildman–Crippen LogP) is 5.03. The summed E-state index contributed by atoms with van der Waals surface area (Å²) in [6.07, 6.45) is 2.25. The Morgan fingerprint density at radius 2 is 1.82 bits per heavy atom. The van der Waals surface area contributed by atoms with Crippen LogP contribution in [0.25, 0.3) is 21.6 Å². The van der Waals surface area contributed by atoms with Gasteiger partial charge in [0.2, 0.25) is 11.7 Å². The highest BCUT2D eigenvalue weighted by Crippen LogP contribution is 2.34. The molecule has 0 amide bonds. The number of fused-ring (bicyclic) bond motifs is 1. The van der Waals surface area contributed by atoms with Gasteiger partial charge in [-0.15, -0.1) is 11.3 Å². The zero-order valence-electron chi connectivity index (χ0n) is 15.8. The van der Waals surface area contributed by atoms with E-state index in [4.69, 9.17) is 9.51 Å². The first-order chi connectivity index (χ1) is 13.8. The van der Waals surface area contributed by atoms with Crippen molar-refractivity contribution in [3.05, 3.63) is 65.0 Å². The highest BCUT2D eigenvalue weighted by molar-refractivity contribution is 7.18. The molecule has 4 aromatic rings. The van der Waals surface area contributed by atoms with Gasteiger partial charge in [-0.25, -0.2) is 4.98 Å². The molecule has 0 radical (unpaired) electrons. The summed E-state index contributed by atoms with van der Waals surface area (Å²) in [5, 5.41) is 5.46. The van der Waals surface area contributed by atoms with Crippen LogP contribution >= 0.6 is 11.3 Å². The second-order valence-electron chi connectivity index (χ2n) is 7.40. The monoisotopic (exact) mass is 390 g/mol. The van der Waals surface area contributed by atoms with E-state index in [0.29, 0.717) is 24.2 Å². The van der Waals surface area contributed by atoms with Gasteiger partial charge in [-0.3, -0.25) is 4.90 Å². The molecule has 0 saturated carbocycles. The van der Waals surface area contributed by atoms with Crippen LogP contribution < -0.4 is 0 Å². The number of hydrogen-bond donors (Lipinski definition) is 0. The molecule has 1 aliphatic heterocycles. The Balaban J connectivity index is 1.22. The molecule has 2 aromatic heterocycles. The summed E-state index contributed by atoms with van der Waals surface area (Å²) in [5.41, 5.74) is 3.32. The maximum absolute atomic E-state index is 5.52. The first-order valence-electron chi connectivity index (χ1n) is 9.73. The van der Waals surface area contributed by atoms with E-state index in [1.807, 2.05) is 29.5 Å². The van der Waals surface area contributed by atoms with Gasteiger partial charge < -0.3 is 4.52 Å². The maximum atomic E-state index is 5.52. The van der Waals surface area contributed by atoms with Crippen LogP contribution in [0.4, 0.5) is 0 Å². The third-order valence-electron chi connectivity index (χ3n) is 5.46. The number of para-hydroxylation sites is 1. The van der Waals surface area contributed by atoms with Crippen LogP contribution in [0, 0.1) is 6.92 Å². The quantitative estimate of drug-likeness (QED) is 0.489. The fraction of sp³-hybridized carbons (Fsp3) is 0.318. The van der Waals surface area contributed by atoms with Crippen LogP contribution in [0.3, 0.4) is 0 Å². The Labute approximate surface area is 168 Å². The van der Waals surface area contributed by atoms with Crippen molar-refractivity contribution in [2.75, 3.05) is 13.1 Å². The summed E-state index contributed by atoms with van der Waals surface area (Å²) in [7, 11) is 0. The Bertz CT molecular complexity index is 1060. The lowest BCUT2D eigenvalue weighted by Crippen LogP contribution is -2.32. The van der Waals surface area contributed by atoms with Crippen molar-refractivity contribution in [3.63, 3.8) is 0 Å². The van der Waals surface area contributed by atoms with Crippen LogP contribution in [0.5, 0.6) is 0 Å². The molecule has 1 saturated heterocycles. The minimum atomic E-state index is 0.555. The van der Waals surface area contributed by atoms with Crippen LogP contribution in [-0.4, -0.2) is 33.1 Å². The van der Waals surface area contributed by atoms with E-state index < -0.39 is 0 Å². The summed E-state index contributed by atoms with van der Waals surface area (Å²) in [6.45, 7) is 4.84. The maximum Gasteiger partial charge on any atom is 0.241 e. The standard InChI is InChI=1S/C22H22N4OS/c1-15-6-2-3-7-17(15)21-24-20(27-25-21)14-26-12-10-16(11-13-26)22-23-18-8-4-5-9-19(18)28-22/h2-9,16H,10-14H2,1H3. The topological polar surface area (TPSA) is 55.1 Å². The number of aromatic nitrogens is 3. The van der Waals surface area contributed by atoms with E-state index in [-0.39, 0.29) is 0 Å². The normalized spacial score (nSPS) is 16.0. The molecule has 6 heteroatoms. The molecule has 0 aliphatic carbocycles. The fourth-order valence-electron chi connectivity index (χ4n) is 3.85. The smallest absolute Gasteiger partial charge is 0.241 e. The first-order valence-corrected chi connectivity index (χ1v) is 10.5. The third-order valence-corrected chi connectivity index (χ3v) is 6.66. The molecular weight excluding hydrogens is 368 g/mol. The minimum Gasteiger partial charge on any atom is -0.338 e. The molecule has 3 heterocycles. The Morgan fingerprint density at radius 3 is 2.64 bits per heavy atom. The highest BCUT2D eigenvalue weighted by Gasteiger charge is 2.24. The Hall–Kier alpha value is -2.57. The summed E-state index contributed by atoms with van der Waals surface area (Å²) in [4.78, 5) is 11.9. The Kier molecular flexibility index (Phi) is 4.66. The van der Waals surface area contributed by atoms with Gasteiger partial charge in [0.1, 0.15) is 0 Å². The van der Waals surface area contributed by atoms with E-state index in [1.165, 1.54) is 9.71 Å². The molecular formula is C22H22N4OS. The van der Waals surface area contributed by atoms with Gasteiger partial charge in [-0.05, 0) is 50.6 Å². The Morgan fingerprint density at radius 1 is 1.04 bits per heavy atom. The molecule has 0 unspecified atom stereocenters. The molecule has 1 aliphatic rings. The summed E-state index contributed by atoms with van der Waals surface area (Å²) in [6, 6.07) is 16.5. The molecule has 0 spiro atoms. The van der Waals surface area contributed by atoms with Gasteiger partial charge in [0.15, 0.2) is 0 Å². The predicted molar refractivity (Wildman–Crippen MR) is 111 cm³/mol. The van der Waals surface area contributed by atoms with Gasteiger partial charge in [0.25, 0.3) is 0 Å². The second-order valence-corrected chi connectivity index (χ2v) is 8.46. The van der Waals surface area contributed by atoms with Crippen LogP contribution in [0.1, 0.15) is 35.2 Å². The average molecular weight is 391 g/mol. The molecule has 0 atom stereocenters. The zero-order valence-corrected chi connectivity index (χ0v) is 16.7. The molecule has 5 nitrogen and oxygen atoms in total. The molecule has 142 valence electrons. The van der Waals surface area contributed by atoms with E-state index >= 15 is 0 Å². The van der Waals surface area contributed by atoms with Gasteiger partial charge in [0, 0.05) is 11.5 Å². The molecule has 5 rings (SSSR count). The number of likely N-dealkylation sites (tertiary alicyclic amines) is 1. The van der Waals surface area contributed by atoms with Crippen molar-refractivity contribution in [2.45, 2.75) is 32.2 Å². The number of thiazole rings is 1. The lowest BCUT2D eigenvalue weighted by atomic mass is 9.97. The number of aryl methyl sites for hydroxylation is 1. The number of nitrogens with zero attached hydrogens (tertiary/aromatic N) is 4. The van der Waals surface area contributed by atoms with E-state index in [9.17, 15) is 0 Å². The first kappa shape index (κ1) is 17.5. The van der Waals surface area contributed by atoms with E-state index in [2.05, 4.69) is 52.3 Å². The third kappa shape index (κ3) is 3.45. The minimum absolute atomic E-state index is 0.555. The SMILES string of the molecule is Cc1ccccc1-c1noc(CN2CCC(c3nc4ccccc4s3)CC2)n1. The van der Waals surface area contributed by atoms with Crippen molar-refractivity contribution in [1.29, 1.82) is 0 Å². The molecule has 1 fully saturated rings. The van der Waals surface area contributed by atoms with E-state index in [1.54, 1.807) is 0 Å². The number of piperidine rings is 1. The fourth-order valence-corrected chi connectivity index (χ4v) is 4.98. The summed E-state index contributed by atoms with van der Waals surface area (Å²) >= 11 is 1.84. The van der Waals surface area contributed by atoms with Crippen molar-refractivity contribution in [2.24, 2.45) is 0 Å². The van der Waals surface area contributed by atoms with Crippen LogP contribution in [0.15, 0.2) is 53.1 Å². The summed E-state index contributed by atoms with van der Waals surface area (Å²) in [5.74, 6) is 1.92. The summed E-state index contributed by atoms with van der Waals surface area (Å²) < 4.78 is 6.80. The van der Waals surface area contributed by atoms with Crippen molar-refractivity contribution in [1.82, 2.24) is 20.0 Å². The molecule has 28 heavy (non-hydrogen) atoms. The number of benzene rings is 2. The largest absolute Gasteiger partial charge is 0.338 e. The van der Waals surface area contributed by atoms with Gasteiger partial charge in [0.05, 0.1) is 21.8 Å². The van der Waals surface area contributed by atoms with Crippen molar-refractivity contribution < 1.29 is 4.52 Å². The van der Waals surface area contributed by atoms with Crippen LogP contribution in [-0.2, 0) is 6.54 Å². The molecule has 2 aromatic carbocycles. The highest BCUT2D eigenvalue weighted by atomic mass is 32.1. The number of rotatable bonds is 4. The average Bonchev–Trinajstić information content (AvgIpc) is 3.36. The number of hydrogen-bond acceptors (Lipinski definition) is 6. The second kappa shape index (κ2) is 7.45. The molecule has 0 N–H and O–H groups in total. The van der Waals surface area contributed by atoms with Gasteiger partial charge >= 0.3 is 0 Å². The molecule has 0 bridgehead atoms. The van der Waals surface area contributed by atoms with Crippen molar-refractivity contribution >= 4 is 21.6 Å². The van der Waals surface area contributed by atoms with E-state index in [0.717, 1.165) is 42.6 Å². The lowest BCUT2D eigenvalue weighted by Gasteiger charge is -2.29. The van der Waals surface area contributed by atoms with Gasteiger partial charge in [-0.1, -0.05) is 41.6 Å². The lowest BCUT2D eigenvalue weighted by molar-refractivity contribution is 0.181. The zero-order chi connectivity index (χ0) is 18.9. The van der Waals surface area contributed by atoms with Gasteiger partial charge in [-0.2, -0.15) is 4.98 Å². The van der Waals surface area contributed by atoms with Crippen molar-refractivity contribution in [3.8, 4) is 11.4 Å². The van der Waals surface area contributed by atoms with Crippen LogP contribution in [0.2, 0.25) is 0 Å².